The van der Waals surface area contributed by atoms with Gasteiger partial charge in [-0.25, -0.2) is 0 Å². The molecule has 0 heterocycles. The SMILES string of the molecule is CC(NC(=O)C1(C#N)CC1)c1cccc(Cl)c1. The van der Waals surface area contributed by atoms with Crippen molar-refractivity contribution in [2.45, 2.75) is 25.8 Å². The molecule has 1 aliphatic carbocycles. The average Bonchev–Trinajstić information content (AvgIpc) is 3.09. The summed E-state index contributed by atoms with van der Waals surface area (Å²) >= 11 is 5.89. The lowest BCUT2D eigenvalue weighted by molar-refractivity contribution is -0.125. The summed E-state index contributed by atoms with van der Waals surface area (Å²) in [7, 11) is 0. The molecule has 17 heavy (non-hydrogen) atoms. The quantitative estimate of drug-likeness (QED) is 0.894. The van der Waals surface area contributed by atoms with Crippen molar-refractivity contribution < 1.29 is 4.79 Å². The monoisotopic (exact) mass is 248 g/mol. The van der Waals surface area contributed by atoms with Gasteiger partial charge in [-0.3, -0.25) is 4.79 Å². The van der Waals surface area contributed by atoms with Crippen LogP contribution in [0.15, 0.2) is 24.3 Å². The highest BCUT2D eigenvalue weighted by Gasteiger charge is 2.50. The molecule has 1 N–H and O–H groups in total. The van der Waals surface area contributed by atoms with E-state index in [4.69, 9.17) is 16.9 Å². The van der Waals surface area contributed by atoms with E-state index in [9.17, 15) is 4.79 Å². The molecular weight excluding hydrogens is 236 g/mol. The largest absolute Gasteiger partial charge is 0.348 e. The van der Waals surface area contributed by atoms with Crippen LogP contribution in [-0.4, -0.2) is 5.91 Å². The summed E-state index contributed by atoms with van der Waals surface area (Å²) in [5, 5.41) is 12.4. The molecule has 1 fully saturated rings. The Kier molecular flexibility index (Phi) is 3.08. The van der Waals surface area contributed by atoms with E-state index in [1.54, 1.807) is 6.07 Å². The maximum absolute atomic E-state index is 11.9. The maximum atomic E-state index is 11.9. The van der Waals surface area contributed by atoms with E-state index < -0.39 is 5.41 Å². The van der Waals surface area contributed by atoms with Crippen LogP contribution < -0.4 is 5.32 Å². The molecule has 0 aliphatic heterocycles. The number of benzene rings is 1. The van der Waals surface area contributed by atoms with Crippen molar-refractivity contribution in [2.75, 3.05) is 0 Å². The van der Waals surface area contributed by atoms with Crippen LogP contribution in [0.2, 0.25) is 5.02 Å². The number of hydrogen-bond acceptors (Lipinski definition) is 2. The lowest BCUT2D eigenvalue weighted by Gasteiger charge is -2.16. The van der Waals surface area contributed by atoms with Gasteiger partial charge in [0.15, 0.2) is 0 Å². The third-order valence-corrected chi connectivity index (χ3v) is 3.33. The fourth-order valence-corrected chi connectivity index (χ4v) is 1.91. The Morgan fingerprint density at radius 2 is 2.29 bits per heavy atom. The van der Waals surface area contributed by atoms with E-state index in [-0.39, 0.29) is 11.9 Å². The molecule has 1 aliphatic rings. The number of carbonyl (C=O) groups excluding carboxylic acids is 1. The number of nitrogens with zero attached hydrogens (tertiary/aromatic N) is 1. The Hall–Kier alpha value is -1.53. The van der Waals surface area contributed by atoms with Gasteiger partial charge in [0.05, 0.1) is 12.1 Å². The Morgan fingerprint density at radius 1 is 1.59 bits per heavy atom. The van der Waals surface area contributed by atoms with Crippen molar-refractivity contribution in [2.24, 2.45) is 5.41 Å². The number of carbonyl (C=O) groups is 1. The van der Waals surface area contributed by atoms with Gasteiger partial charge in [-0.2, -0.15) is 5.26 Å². The normalized spacial score (nSPS) is 17.9. The van der Waals surface area contributed by atoms with Crippen LogP contribution in [0, 0.1) is 16.7 Å². The zero-order valence-corrected chi connectivity index (χ0v) is 10.3. The van der Waals surface area contributed by atoms with Gasteiger partial charge in [0.2, 0.25) is 5.91 Å². The first-order valence-corrected chi connectivity index (χ1v) is 5.93. The van der Waals surface area contributed by atoms with Crippen molar-refractivity contribution >= 4 is 17.5 Å². The molecule has 1 unspecified atom stereocenters. The molecule has 1 aromatic carbocycles. The molecule has 0 bridgehead atoms. The van der Waals surface area contributed by atoms with E-state index in [1.807, 2.05) is 25.1 Å². The van der Waals surface area contributed by atoms with Crippen molar-refractivity contribution in [3.63, 3.8) is 0 Å². The second kappa shape index (κ2) is 4.38. The number of amides is 1. The van der Waals surface area contributed by atoms with E-state index >= 15 is 0 Å². The molecule has 1 aromatic rings. The molecule has 0 spiro atoms. The molecule has 3 nitrogen and oxygen atoms in total. The van der Waals surface area contributed by atoms with Crippen LogP contribution in [0.5, 0.6) is 0 Å². The number of nitrogens with one attached hydrogen (secondary N) is 1. The summed E-state index contributed by atoms with van der Waals surface area (Å²) in [6.45, 7) is 1.89. The van der Waals surface area contributed by atoms with Crippen LogP contribution >= 0.6 is 11.6 Å². The van der Waals surface area contributed by atoms with Gasteiger partial charge in [-0.15, -0.1) is 0 Å². The summed E-state index contributed by atoms with van der Waals surface area (Å²) in [5.74, 6) is -0.174. The second-order valence-corrected chi connectivity index (χ2v) is 4.88. The molecule has 2 rings (SSSR count). The number of nitriles is 1. The Balaban J connectivity index is 2.05. The van der Waals surface area contributed by atoms with Crippen molar-refractivity contribution in [3.05, 3.63) is 34.9 Å². The second-order valence-electron chi connectivity index (χ2n) is 4.44. The van der Waals surface area contributed by atoms with Gasteiger partial charge >= 0.3 is 0 Å². The minimum Gasteiger partial charge on any atom is -0.348 e. The van der Waals surface area contributed by atoms with Crippen LogP contribution in [-0.2, 0) is 4.79 Å². The summed E-state index contributed by atoms with van der Waals surface area (Å²) in [4.78, 5) is 11.9. The molecular formula is C13H13ClN2O. The summed E-state index contributed by atoms with van der Waals surface area (Å²) in [5.41, 5.74) is 0.173. The summed E-state index contributed by atoms with van der Waals surface area (Å²) in [6.07, 6.45) is 1.33. The third kappa shape index (κ3) is 2.42. The zero-order valence-electron chi connectivity index (χ0n) is 9.53. The first-order chi connectivity index (χ1) is 8.07. The molecule has 0 radical (unpaired) electrons. The highest BCUT2D eigenvalue weighted by Crippen LogP contribution is 2.45. The maximum Gasteiger partial charge on any atom is 0.240 e. The molecule has 1 saturated carbocycles. The van der Waals surface area contributed by atoms with Crippen LogP contribution in [0.25, 0.3) is 0 Å². The van der Waals surface area contributed by atoms with E-state index in [0.717, 1.165) is 5.56 Å². The summed E-state index contributed by atoms with van der Waals surface area (Å²) < 4.78 is 0. The fourth-order valence-electron chi connectivity index (χ4n) is 1.71. The number of hydrogen-bond donors (Lipinski definition) is 1. The zero-order chi connectivity index (χ0) is 12.5. The average molecular weight is 249 g/mol. The molecule has 0 aromatic heterocycles. The van der Waals surface area contributed by atoms with Crippen molar-refractivity contribution in [3.8, 4) is 6.07 Å². The molecule has 88 valence electrons. The molecule has 0 saturated heterocycles. The van der Waals surface area contributed by atoms with Gasteiger partial charge in [-0.05, 0) is 37.5 Å². The molecule has 1 amide bonds. The van der Waals surface area contributed by atoms with Crippen LogP contribution in [0.4, 0.5) is 0 Å². The molecule has 4 heteroatoms. The third-order valence-electron chi connectivity index (χ3n) is 3.09. The minimum absolute atomic E-state index is 0.132. The van der Waals surface area contributed by atoms with Gasteiger partial charge in [-0.1, -0.05) is 23.7 Å². The first kappa shape index (κ1) is 11.9. The predicted octanol–water partition coefficient (Wildman–Crippen LogP) is 2.82. The van der Waals surface area contributed by atoms with Crippen molar-refractivity contribution in [1.29, 1.82) is 5.26 Å². The van der Waals surface area contributed by atoms with E-state index in [1.165, 1.54) is 0 Å². The minimum atomic E-state index is -0.771. The van der Waals surface area contributed by atoms with Gasteiger partial charge in [0.25, 0.3) is 0 Å². The van der Waals surface area contributed by atoms with E-state index in [2.05, 4.69) is 11.4 Å². The smallest absolute Gasteiger partial charge is 0.240 e. The van der Waals surface area contributed by atoms with E-state index in [0.29, 0.717) is 17.9 Å². The van der Waals surface area contributed by atoms with Crippen molar-refractivity contribution in [1.82, 2.24) is 5.32 Å². The number of rotatable bonds is 3. The highest BCUT2D eigenvalue weighted by molar-refractivity contribution is 6.30. The Morgan fingerprint density at radius 3 is 2.82 bits per heavy atom. The number of halogens is 1. The van der Waals surface area contributed by atoms with Crippen LogP contribution in [0.3, 0.4) is 0 Å². The summed E-state index contributed by atoms with van der Waals surface area (Å²) in [6, 6.07) is 9.31. The fraction of sp³-hybridized carbons (Fsp3) is 0.385. The van der Waals surface area contributed by atoms with Gasteiger partial charge < -0.3 is 5.32 Å². The first-order valence-electron chi connectivity index (χ1n) is 5.55. The Bertz CT molecular complexity index is 488. The standard InChI is InChI=1S/C13H13ClN2O/c1-9(10-3-2-4-11(14)7-10)16-12(17)13(8-15)5-6-13/h2-4,7,9H,5-6H2,1H3,(H,16,17). The van der Waals surface area contributed by atoms with Crippen LogP contribution in [0.1, 0.15) is 31.4 Å². The lowest BCUT2D eigenvalue weighted by atomic mass is 10.1. The van der Waals surface area contributed by atoms with Gasteiger partial charge in [0, 0.05) is 5.02 Å². The predicted molar refractivity (Wildman–Crippen MR) is 65.3 cm³/mol. The topological polar surface area (TPSA) is 52.9 Å². The lowest BCUT2D eigenvalue weighted by Crippen LogP contribution is -2.33. The van der Waals surface area contributed by atoms with Gasteiger partial charge in [0.1, 0.15) is 5.41 Å². The highest BCUT2D eigenvalue weighted by atomic mass is 35.5. The molecule has 1 atom stereocenters. The Labute approximate surface area is 105 Å².